The summed E-state index contributed by atoms with van der Waals surface area (Å²) < 4.78 is 10.5. The number of rotatable bonds is 8. The summed E-state index contributed by atoms with van der Waals surface area (Å²) in [6, 6.07) is 13.6. The quantitative estimate of drug-likeness (QED) is 0.680. The second-order valence-corrected chi connectivity index (χ2v) is 5.34. The van der Waals surface area contributed by atoms with Gasteiger partial charge in [0.15, 0.2) is 6.61 Å². The van der Waals surface area contributed by atoms with Gasteiger partial charge in [-0.25, -0.2) is 0 Å². The van der Waals surface area contributed by atoms with Gasteiger partial charge >= 0.3 is 0 Å². The summed E-state index contributed by atoms with van der Waals surface area (Å²) in [6.45, 7) is 1.54. The van der Waals surface area contributed by atoms with Crippen LogP contribution in [0.5, 0.6) is 11.5 Å². The van der Waals surface area contributed by atoms with Crippen molar-refractivity contribution < 1.29 is 19.1 Å². The Labute approximate surface area is 146 Å². The van der Waals surface area contributed by atoms with Crippen molar-refractivity contribution in [3.05, 3.63) is 48.5 Å². The lowest BCUT2D eigenvalue weighted by molar-refractivity contribution is -0.120. The number of hydrogen-bond donors (Lipinski definition) is 3. The number of benzene rings is 2. The number of carbonyl (C=O) groups excluding carboxylic acids is 2. The van der Waals surface area contributed by atoms with Gasteiger partial charge in [-0.3, -0.25) is 9.59 Å². The Morgan fingerprint density at radius 2 is 1.92 bits per heavy atom. The molecule has 0 aliphatic heterocycles. The van der Waals surface area contributed by atoms with E-state index in [1.165, 1.54) is 0 Å². The number of methoxy groups -OCH3 is 1. The molecule has 2 rings (SSSR count). The van der Waals surface area contributed by atoms with E-state index >= 15 is 0 Å². The Kier molecular flexibility index (Phi) is 6.22. The van der Waals surface area contributed by atoms with Crippen LogP contribution in [0.1, 0.15) is 6.92 Å². The molecule has 2 aromatic rings. The second kappa shape index (κ2) is 8.58. The number of nitrogens with one attached hydrogen (secondary N) is 2. The highest BCUT2D eigenvalue weighted by atomic mass is 16.5. The molecule has 0 radical (unpaired) electrons. The van der Waals surface area contributed by atoms with Gasteiger partial charge in [0.05, 0.1) is 12.8 Å². The number of para-hydroxylation sites is 2. The topological polar surface area (TPSA) is 103 Å². The molecule has 0 saturated carbocycles. The molecular weight excluding hydrogens is 322 g/mol. The lowest BCUT2D eigenvalue weighted by Crippen LogP contribution is -2.32. The van der Waals surface area contributed by atoms with Crippen molar-refractivity contribution in [2.24, 2.45) is 5.73 Å². The zero-order chi connectivity index (χ0) is 18.2. The van der Waals surface area contributed by atoms with Crippen LogP contribution >= 0.6 is 0 Å². The third kappa shape index (κ3) is 5.42. The molecule has 7 heteroatoms. The summed E-state index contributed by atoms with van der Waals surface area (Å²) >= 11 is 0. The fourth-order valence-electron chi connectivity index (χ4n) is 2.13. The second-order valence-electron chi connectivity index (χ2n) is 5.34. The van der Waals surface area contributed by atoms with E-state index < -0.39 is 11.9 Å². The molecule has 7 nitrogen and oxygen atoms in total. The Bertz CT molecular complexity index is 749. The average molecular weight is 343 g/mol. The smallest absolute Gasteiger partial charge is 0.255 e. The highest BCUT2D eigenvalue weighted by Gasteiger charge is 2.15. The number of hydrogen-bond acceptors (Lipinski definition) is 5. The van der Waals surface area contributed by atoms with Crippen LogP contribution in [0.4, 0.5) is 11.4 Å². The SMILES string of the molecule is COc1ccccc1NC(=O)[C@@H](C)Nc1cccc(OCC(N)=O)c1. The predicted octanol–water partition coefficient (Wildman–Crippen LogP) is 2.00. The van der Waals surface area contributed by atoms with E-state index in [1.807, 2.05) is 12.1 Å². The van der Waals surface area contributed by atoms with Crippen LogP contribution in [0, 0.1) is 0 Å². The zero-order valence-corrected chi connectivity index (χ0v) is 14.1. The van der Waals surface area contributed by atoms with Crippen molar-refractivity contribution in [2.75, 3.05) is 24.4 Å². The number of anilines is 2. The van der Waals surface area contributed by atoms with Gasteiger partial charge < -0.3 is 25.8 Å². The molecule has 0 heterocycles. The molecular formula is C18H21N3O4. The normalized spacial score (nSPS) is 11.3. The molecule has 2 amide bonds. The van der Waals surface area contributed by atoms with Crippen LogP contribution in [0.15, 0.2) is 48.5 Å². The van der Waals surface area contributed by atoms with Gasteiger partial charge in [0, 0.05) is 11.8 Å². The molecule has 25 heavy (non-hydrogen) atoms. The summed E-state index contributed by atoms with van der Waals surface area (Å²) in [6.07, 6.45) is 0. The Balaban J connectivity index is 1.99. The Morgan fingerprint density at radius 3 is 2.64 bits per heavy atom. The first-order chi connectivity index (χ1) is 12.0. The van der Waals surface area contributed by atoms with Crippen LogP contribution in [0.2, 0.25) is 0 Å². The first kappa shape index (κ1) is 18.1. The van der Waals surface area contributed by atoms with Crippen molar-refractivity contribution in [1.82, 2.24) is 0 Å². The van der Waals surface area contributed by atoms with E-state index in [-0.39, 0.29) is 12.5 Å². The number of amides is 2. The maximum Gasteiger partial charge on any atom is 0.255 e. The lowest BCUT2D eigenvalue weighted by Gasteiger charge is -2.17. The first-order valence-corrected chi connectivity index (χ1v) is 7.71. The van der Waals surface area contributed by atoms with Crippen LogP contribution in [-0.2, 0) is 9.59 Å². The first-order valence-electron chi connectivity index (χ1n) is 7.71. The number of nitrogens with two attached hydrogens (primary N) is 1. The molecule has 4 N–H and O–H groups in total. The molecule has 0 aliphatic carbocycles. The zero-order valence-electron chi connectivity index (χ0n) is 14.1. The van der Waals surface area contributed by atoms with Crippen molar-refractivity contribution in [3.8, 4) is 11.5 Å². The van der Waals surface area contributed by atoms with Crippen LogP contribution in [-0.4, -0.2) is 31.6 Å². The van der Waals surface area contributed by atoms with E-state index in [9.17, 15) is 9.59 Å². The van der Waals surface area contributed by atoms with Gasteiger partial charge in [0.25, 0.3) is 5.91 Å². The standard InChI is InChI=1S/C18H21N3O4/c1-12(18(23)21-15-8-3-4-9-16(15)24-2)20-13-6-5-7-14(10-13)25-11-17(19)22/h3-10,12,20H,11H2,1-2H3,(H2,19,22)(H,21,23)/t12-/m1/s1. The highest BCUT2D eigenvalue weighted by Crippen LogP contribution is 2.23. The third-order valence-electron chi connectivity index (χ3n) is 3.36. The molecule has 1 atom stereocenters. The third-order valence-corrected chi connectivity index (χ3v) is 3.36. The number of ether oxygens (including phenoxy) is 2. The summed E-state index contributed by atoms with van der Waals surface area (Å²) in [5.74, 6) is 0.307. The summed E-state index contributed by atoms with van der Waals surface area (Å²) in [5, 5.41) is 5.90. The fourth-order valence-corrected chi connectivity index (χ4v) is 2.13. The molecule has 0 aromatic heterocycles. The highest BCUT2D eigenvalue weighted by molar-refractivity contribution is 5.97. The summed E-state index contributed by atoms with van der Waals surface area (Å²) in [5.41, 5.74) is 6.34. The van der Waals surface area contributed by atoms with E-state index in [0.717, 1.165) is 0 Å². The summed E-state index contributed by atoms with van der Waals surface area (Å²) in [7, 11) is 1.55. The number of carbonyl (C=O) groups is 2. The number of primary amides is 1. The van der Waals surface area contributed by atoms with Crippen molar-refractivity contribution in [1.29, 1.82) is 0 Å². The minimum atomic E-state index is -0.553. The average Bonchev–Trinajstić information content (AvgIpc) is 2.60. The Hall–Kier alpha value is -3.22. The van der Waals surface area contributed by atoms with Gasteiger partial charge in [0.2, 0.25) is 5.91 Å². The molecule has 0 saturated heterocycles. The monoisotopic (exact) mass is 343 g/mol. The van der Waals surface area contributed by atoms with Gasteiger partial charge in [-0.1, -0.05) is 18.2 Å². The van der Waals surface area contributed by atoms with Crippen LogP contribution in [0.25, 0.3) is 0 Å². The van der Waals surface area contributed by atoms with E-state index in [0.29, 0.717) is 22.9 Å². The Morgan fingerprint density at radius 1 is 1.16 bits per heavy atom. The molecule has 0 aliphatic rings. The molecule has 0 bridgehead atoms. The van der Waals surface area contributed by atoms with Crippen LogP contribution < -0.4 is 25.8 Å². The maximum atomic E-state index is 12.4. The maximum absolute atomic E-state index is 12.4. The van der Waals surface area contributed by atoms with Crippen LogP contribution in [0.3, 0.4) is 0 Å². The molecule has 2 aromatic carbocycles. The fraction of sp³-hybridized carbons (Fsp3) is 0.222. The van der Waals surface area contributed by atoms with Gasteiger partial charge in [0.1, 0.15) is 17.5 Å². The van der Waals surface area contributed by atoms with Crippen molar-refractivity contribution >= 4 is 23.2 Å². The molecule has 132 valence electrons. The van der Waals surface area contributed by atoms with Gasteiger partial charge in [-0.2, -0.15) is 0 Å². The van der Waals surface area contributed by atoms with Crippen molar-refractivity contribution in [2.45, 2.75) is 13.0 Å². The van der Waals surface area contributed by atoms with Crippen molar-refractivity contribution in [3.63, 3.8) is 0 Å². The van der Waals surface area contributed by atoms with E-state index in [1.54, 1.807) is 50.4 Å². The molecule has 0 fully saturated rings. The molecule has 0 unspecified atom stereocenters. The van der Waals surface area contributed by atoms with E-state index in [2.05, 4.69) is 10.6 Å². The minimum absolute atomic E-state index is 0.201. The van der Waals surface area contributed by atoms with E-state index in [4.69, 9.17) is 15.2 Å². The summed E-state index contributed by atoms with van der Waals surface area (Å²) in [4.78, 5) is 23.1. The minimum Gasteiger partial charge on any atom is -0.495 e. The predicted molar refractivity (Wildman–Crippen MR) is 95.8 cm³/mol. The lowest BCUT2D eigenvalue weighted by atomic mass is 10.2. The van der Waals surface area contributed by atoms with Gasteiger partial charge in [-0.05, 0) is 31.2 Å². The van der Waals surface area contributed by atoms with Gasteiger partial charge in [-0.15, -0.1) is 0 Å². The molecule has 0 spiro atoms. The largest absolute Gasteiger partial charge is 0.495 e.